The Morgan fingerprint density at radius 1 is 1.48 bits per heavy atom. The van der Waals surface area contributed by atoms with Gasteiger partial charge in [-0.15, -0.1) is 0 Å². The van der Waals surface area contributed by atoms with E-state index in [1.54, 1.807) is 24.0 Å². The molecule has 0 radical (unpaired) electrons. The Morgan fingerprint density at radius 2 is 2.22 bits per heavy atom. The standard InChI is InChI=1S/C16H24N4O3/c1-15(2)10-16(12(23-15)9-13(17)21)6-4-7-20(16)14(22)11-5-8-19(3)18-11/h5,8,12H,4,6-7,9-10H2,1-3H3,(H2,17,21)/t12-,16+/m0/s1. The van der Waals surface area contributed by atoms with Crippen molar-refractivity contribution in [3.8, 4) is 0 Å². The molecular formula is C16H24N4O3. The topological polar surface area (TPSA) is 90.5 Å². The molecule has 0 unspecified atom stereocenters. The van der Waals surface area contributed by atoms with Crippen LogP contribution in [0.25, 0.3) is 0 Å². The number of aromatic nitrogens is 2. The Morgan fingerprint density at radius 3 is 2.83 bits per heavy atom. The molecule has 3 heterocycles. The minimum atomic E-state index is -0.465. The summed E-state index contributed by atoms with van der Waals surface area (Å²) in [5.41, 5.74) is 4.99. The fourth-order valence-electron chi connectivity index (χ4n) is 4.19. The van der Waals surface area contributed by atoms with Crippen molar-refractivity contribution in [2.75, 3.05) is 6.54 Å². The second-order valence-electron chi connectivity index (χ2n) is 7.25. The molecule has 0 saturated carbocycles. The molecule has 1 aromatic heterocycles. The smallest absolute Gasteiger partial charge is 0.274 e. The fourth-order valence-corrected chi connectivity index (χ4v) is 4.19. The number of nitrogens with two attached hydrogens (primary N) is 1. The number of amides is 2. The first kappa shape index (κ1) is 16.0. The van der Waals surface area contributed by atoms with Crippen molar-refractivity contribution in [3.05, 3.63) is 18.0 Å². The molecule has 2 aliphatic heterocycles. The number of hydrogen-bond donors (Lipinski definition) is 1. The van der Waals surface area contributed by atoms with Crippen LogP contribution in [-0.4, -0.2) is 50.3 Å². The fraction of sp³-hybridized carbons (Fsp3) is 0.688. The minimum absolute atomic E-state index is 0.0983. The Kier molecular flexibility index (Phi) is 3.71. The van der Waals surface area contributed by atoms with Gasteiger partial charge in [0.05, 0.1) is 23.7 Å². The first-order valence-electron chi connectivity index (χ1n) is 8.01. The maximum atomic E-state index is 12.9. The van der Waals surface area contributed by atoms with Crippen molar-refractivity contribution >= 4 is 11.8 Å². The van der Waals surface area contributed by atoms with Gasteiger partial charge in [-0.05, 0) is 32.8 Å². The molecule has 7 nitrogen and oxygen atoms in total. The lowest BCUT2D eigenvalue weighted by molar-refractivity contribution is -0.123. The molecule has 1 aromatic rings. The van der Waals surface area contributed by atoms with Crippen molar-refractivity contribution in [3.63, 3.8) is 0 Å². The van der Waals surface area contributed by atoms with Crippen molar-refractivity contribution in [2.45, 2.75) is 56.8 Å². The predicted octanol–water partition coefficient (Wildman–Crippen LogP) is 0.838. The Hall–Kier alpha value is -1.89. The number of nitrogens with zero attached hydrogens (tertiary/aromatic N) is 3. The number of ether oxygens (including phenoxy) is 1. The van der Waals surface area contributed by atoms with E-state index in [0.29, 0.717) is 18.7 Å². The van der Waals surface area contributed by atoms with Gasteiger partial charge < -0.3 is 15.4 Å². The van der Waals surface area contributed by atoms with E-state index in [9.17, 15) is 9.59 Å². The summed E-state index contributed by atoms with van der Waals surface area (Å²) in [6, 6.07) is 1.72. The summed E-state index contributed by atoms with van der Waals surface area (Å²) >= 11 is 0. The number of aryl methyl sites for hydroxylation is 1. The second-order valence-corrected chi connectivity index (χ2v) is 7.25. The van der Waals surface area contributed by atoms with E-state index in [0.717, 1.165) is 12.8 Å². The SMILES string of the molecule is Cn1ccc(C(=O)N2CCC[C@]23CC(C)(C)O[C@H]3CC(N)=O)n1. The number of carbonyl (C=O) groups excluding carboxylic acids is 2. The van der Waals surface area contributed by atoms with E-state index in [1.807, 2.05) is 18.7 Å². The van der Waals surface area contributed by atoms with E-state index < -0.39 is 11.4 Å². The molecule has 2 aliphatic rings. The summed E-state index contributed by atoms with van der Waals surface area (Å²) in [5, 5.41) is 4.23. The van der Waals surface area contributed by atoms with Gasteiger partial charge in [-0.2, -0.15) is 5.10 Å². The van der Waals surface area contributed by atoms with Crippen LogP contribution in [0.1, 0.15) is 50.0 Å². The van der Waals surface area contributed by atoms with Crippen LogP contribution in [-0.2, 0) is 16.6 Å². The van der Waals surface area contributed by atoms with Gasteiger partial charge >= 0.3 is 0 Å². The number of rotatable bonds is 3. The van der Waals surface area contributed by atoms with Crippen LogP contribution in [0.15, 0.2) is 12.3 Å². The van der Waals surface area contributed by atoms with E-state index in [2.05, 4.69) is 5.10 Å². The average molecular weight is 320 g/mol. The first-order valence-corrected chi connectivity index (χ1v) is 8.01. The molecule has 2 amide bonds. The molecule has 3 rings (SSSR count). The van der Waals surface area contributed by atoms with Crippen LogP contribution >= 0.6 is 0 Å². The Balaban J connectivity index is 1.94. The second kappa shape index (κ2) is 5.33. The molecule has 0 bridgehead atoms. The van der Waals surface area contributed by atoms with Gasteiger partial charge in [-0.3, -0.25) is 14.3 Å². The van der Waals surface area contributed by atoms with Crippen molar-refractivity contribution in [1.82, 2.24) is 14.7 Å². The van der Waals surface area contributed by atoms with Gasteiger partial charge in [-0.1, -0.05) is 0 Å². The largest absolute Gasteiger partial charge is 0.370 e. The highest BCUT2D eigenvalue weighted by Crippen LogP contribution is 2.49. The number of likely N-dealkylation sites (tertiary alicyclic amines) is 1. The van der Waals surface area contributed by atoms with Crippen molar-refractivity contribution in [2.24, 2.45) is 12.8 Å². The average Bonchev–Trinajstić information content (AvgIpc) is 3.08. The summed E-state index contributed by atoms with van der Waals surface area (Å²) in [6.45, 7) is 4.65. The van der Waals surface area contributed by atoms with E-state index in [-0.39, 0.29) is 24.0 Å². The molecule has 2 N–H and O–H groups in total. The predicted molar refractivity (Wildman–Crippen MR) is 83.6 cm³/mol. The van der Waals surface area contributed by atoms with Crippen LogP contribution in [0.4, 0.5) is 0 Å². The molecule has 1 spiro atoms. The van der Waals surface area contributed by atoms with Gasteiger partial charge in [0.1, 0.15) is 5.69 Å². The summed E-state index contributed by atoms with van der Waals surface area (Å²) in [5.74, 6) is -0.497. The third kappa shape index (κ3) is 2.73. The van der Waals surface area contributed by atoms with Crippen LogP contribution in [0, 0.1) is 0 Å². The van der Waals surface area contributed by atoms with Gasteiger partial charge in [-0.25, -0.2) is 0 Å². The summed E-state index contributed by atoms with van der Waals surface area (Å²) in [4.78, 5) is 26.3. The number of primary amides is 1. The highest BCUT2D eigenvalue weighted by atomic mass is 16.5. The van der Waals surface area contributed by atoms with Gasteiger partial charge in [0.2, 0.25) is 5.91 Å². The lowest BCUT2D eigenvalue weighted by Gasteiger charge is -2.38. The van der Waals surface area contributed by atoms with Crippen LogP contribution in [0.2, 0.25) is 0 Å². The van der Waals surface area contributed by atoms with Crippen molar-refractivity contribution < 1.29 is 14.3 Å². The minimum Gasteiger partial charge on any atom is -0.370 e. The highest BCUT2D eigenvalue weighted by molar-refractivity contribution is 5.93. The Bertz CT molecular complexity index is 639. The Labute approximate surface area is 135 Å². The number of hydrogen-bond acceptors (Lipinski definition) is 4. The normalized spacial score (nSPS) is 29.3. The molecule has 0 aliphatic carbocycles. The van der Waals surface area contributed by atoms with Crippen LogP contribution in [0.5, 0.6) is 0 Å². The van der Waals surface area contributed by atoms with Gasteiger partial charge in [0, 0.05) is 26.2 Å². The molecule has 7 heteroatoms. The summed E-state index contributed by atoms with van der Waals surface area (Å²) in [6.07, 6.45) is 3.96. The zero-order valence-corrected chi connectivity index (χ0v) is 13.9. The van der Waals surface area contributed by atoms with E-state index in [1.165, 1.54) is 0 Å². The van der Waals surface area contributed by atoms with Gasteiger partial charge in [0.15, 0.2) is 0 Å². The molecule has 23 heavy (non-hydrogen) atoms. The third-order valence-corrected chi connectivity index (χ3v) is 4.89. The molecule has 2 saturated heterocycles. The highest BCUT2D eigenvalue weighted by Gasteiger charge is 2.58. The summed E-state index contributed by atoms with van der Waals surface area (Å²) in [7, 11) is 1.79. The molecule has 0 aromatic carbocycles. The van der Waals surface area contributed by atoms with Gasteiger partial charge in [0.25, 0.3) is 5.91 Å². The number of carbonyl (C=O) groups is 2. The monoisotopic (exact) mass is 320 g/mol. The quantitative estimate of drug-likeness (QED) is 0.893. The molecule has 2 atom stereocenters. The summed E-state index contributed by atoms with van der Waals surface area (Å²) < 4.78 is 7.72. The first-order chi connectivity index (χ1) is 10.7. The molecular weight excluding hydrogens is 296 g/mol. The van der Waals surface area contributed by atoms with Crippen LogP contribution in [0.3, 0.4) is 0 Å². The van der Waals surface area contributed by atoms with E-state index >= 15 is 0 Å². The van der Waals surface area contributed by atoms with Crippen LogP contribution < -0.4 is 5.73 Å². The zero-order chi connectivity index (χ0) is 16.8. The zero-order valence-electron chi connectivity index (χ0n) is 13.9. The maximum Gasteiger partial charge on any atom is 0.274 e. The third-order valence-electron chi connectivity index (χ3n) is 4.89. The maximum absolute atomic E-state index is 12.9. The lowest BCUT2D eigenvalue weighted by Crippen LogP contribution is -2.53. The lowest BCUT2D eigenvalue weighted by atomic mass is 9.82. The van der Waals surface area contributed by atoms with Crippen molar-refractivity contribution in [1.29, 1.82) is 0 Å². The molecule has 126 valence electrons. The van der Waals surface area contributed by atoms with E-state index in [4.69, 9.17) is 10.5 Å². The molecule has 2 fully saturated rings.